The summed E-state index contributed by atoms with van der Waals surface area (Å²) in [5, 5.41) is 9.44. The minimum absolute atomic E-state index is 0. The SMILES string of the molecule is C.C.c1ccc(C2(c3ccccc3)c3ccccc3-c3c(-c4cccc(N(c5ccc(-c6ccc(-c7ccc8ccccc8c7)cc6)cc5)c5ccccc5-c5cccc6oc7ccccc7c56)c4)cccc32)cc1.c1ccc(C2(c3ccccc3)c3ccccc3-c3c(-c4cccc(N(c5ccc(-c6ccc(-c7cccc8ccccc78)cc6)cc5)c5ccccc5-c5cccc6oc7ccccc7c56)c4)cccc32)cc1. The van der Waals surface area contributed by atoms with Gasteiger partial charge in [0.15, 0.2) is 0 Å². The minimum atomic E-state index is -0.497. The van der Waals surface area contributed by atoms with E-state index < -0.39 is 10.8 Å². The Balaban J connectivity index is 0.000000152. The van der Waals surface area contributed by atoms with Gasteiger partial charge in [0, 0.05) is 55.4 Å². The summed E-state index contributed by atoms with van der Waals surface area (Å²) in [5.41, 5.74) is 42.8. The van der Waals surface area contributed by atoms with E-state index in [1.165, 1.54) is 133 Å². The molecule has 0 saturated heterocycles. The molecule has 0 fully saturated rings. The summed E-state index contributed by atoms with van der Waals surface area (Å²) < 4.78 is 12.9. The van der Waals surface area contributed by atoms with Crippen LogP contribution in [0.3, 0.4) is 0 Å². The second kappa shape index (κ2) is 38.0. The van der Waals surface area contributed by atoms with E-state index in [0.29, 0.717) is 0 Å². The second-order valence-corrected chi connectivity index (χ2v) is 38.2. The number of benzene rings is 24. The van der Waals surface area contributed by atoms with Gasteiger partial charge in [0.25, 0.3) is 0 Å². The van der Waals surface area contributed by atoms with E-state index in [1.54, 1.807) is 0 Å². The molecular weight excluding hydrogens is 1790 g/mol. The van der Waals surface area contributed by atoms with E-state index >= 15 is 0 Å². The third-order valence-corrected chi connectivity index (χ3v) is 30.3. The number of nitrogens with zero attached hydrogens (tertiary/aromatic N) is 2. The summed E-state index contributed by atoms with van der Waals surface area (Å²) in [4.78, 5) is 4.87. The van der Waals surface area contributed by atoms with Gasteiger partial charge in [-0.15, -0.1) is 0 Å². The van der Waals surface area contributed by atoms with Gasteiger partial charge in [-0.05, 0) is 257 Å². The molecular formula is C144H102N2O2. The van der Waals surface area contributed by atoms with E-state index in [1.807, 2.05) is 12.1 Å². The first-order valence-electron chi connectivity index (χ1n) is 50.3. The molecule has 2 aliphatic rings. The Morgan fingerprint density at radius 3 is 0.905 bits per heavy atom. The number of rotatable bonds is 18. The normalized spacial score (nSPS) is 12.3. The number of hydrogen-bond donors (Lipinski definition) is 0. The van der Waals surface area contributed by atoms with Crippen LogP contribution in [0.1, 0.15) is 59.4 Å². The topological polar surface area (TPSA) is 32.8 Å². The van der Waals surface area contributed by atoms with E-state index in [9.17, 15) is 0 Å². The van der Waals surface area contributed by atoms with Crippen molar-refractivity contribution in [3.05, 3.63) is 615 Å². The smallest absolute Gasteiger partial charge is 0.136 e. The predicted molar refractivity (Wildman–Crippen MR) is 623 cm³/mol. The molecule has 0 saturated carbocycles. The first kappa shape index (κ1) is 90.3. The van der Waals surface area contributed by atoms with Crippen LogP contribution >= 0.6 is 0 Å². The summed E-state index contributed by atoms with van der Waals surface area (Å²) >= 11 is 0. The molecule has 700 valence electrons. The van der Waals surface area contributed by atoms with Crippen LogP contribution in [0.4, 0.5) is 34.1 Å². The van der Waals surface area contributed by atoms with Crippen LogP contribution in [0, 0.1) is 0 Å². The predicted octanol–water partition coefficient (Wildman–Crippen LogP) is 39.8. The molecule has 2 aliphatic carbocycles. The van der Waals surface area contributed by atoms with Crippen LogP contribution in [0.15, 0.2) is 579 Å². The highest BCUT2D eigenvalue weighted by Gasteiger charge is 2.49. The number of para-hydroxylation sites is 4. The van der Waals surface area contributed by atoms with Gasteiger partial charge in [0.1, 0.15) is 22.3 Å². The molecule has 24 aromatic carbocycles. The fraction of sp³-hybridized carbons (Fsp3) is 0.0278. The van der Waals surface area contributed by atoms with Crippen LogP contribution in [0.25, 0.3) is 177 Å². The first-order chi connectivity index (χ1) is 72.4. The van der Waals surface area contributed by atoms with Gasteiger partial charge < -0.3 is 18.6 Å². The molecule has 2 aromatic heterocycles. The van der Waals surface area contributed by atoms with Crippen molar-refractivity contribution < 1.29 is 8.83 Å². The molecule has 0 unspecified atom stereocenters. The lowest BCUT2D eigenvalue weighted by Crippen LogP contribution is -2.28. The minimum Gasteiger partial charge on any atom is -0.456 e. The molecule has 4 nitrogen and oxygen atoms in total. The molecule has 28 rings (SSSR count). The van der Waals surface area contributed by atoms with Crippen LogP contribution in [0.2, 0.25) is 0 Å². The highest BCUT2D eigenvalue weighted by Crippen LogP contribution is 2.62. The van der Waals surface area contributed by atoms with Crippen molar-refractivity contribution >= 4 is 99.5 Å². The van der Waals surface area contributed by atoms with E-state index in [4.69, 9.17) is 8.83 Å². The Hall–Kier alpha value is -19.0. The van der Waals surface area contributed by atoms with Crippen molar-refractivity contribution in [2.24, 2.45) is 0 Å². The number of furan rings is 2. The lowest BCUT2D eigenvalue weighted by molar-refractivity contribution is 0.668. The Labute approximate surface area is 863 Å². The van der Waals surface area contributed by atoms with Crippen molar-refractivity contribution in [3.8, 4) is 111 Å². The van der Waals surface area contributed by atoms with Gasteiger partial charge in [-0.25, -0.2) is 0 Å². The zero-order valence-electron chi connectivity index (χ0n) is 80.0. The lowest BCUT2D eigenvalue weighted by atomic mass is 9.67. The number of hydrogen-bond acceptors (Lipinski definition) is 4. The van der Waals surface area contributed by atoms with Crippen molar-refractivity contribution in [1.82, 2.24) is 0 Å². The van der Waals surface area contributed by atoms with Crippen LogP contribution in [-0.2, 0) is 10.8 Å². The molecule has 0 spiro atoms. The third kappa shape index (κ3) is 15.2. The van der Waals surface area contributed by atoms with Crippen molar-refractivity contribution in [2.75, 3.05) is 9.80 Å². The maximum atomic E-state index is 6.47. The fourth-order valence-corrected chi connectivity index (χ4v) is 23.9. The van der Waals surface area contributed by atoms with Crippen LogP contribution in [-0.4, -0.2) is 0 Å². The summed E-state index contributed by atoms with van der Waals surface area (Å²) in [6.07, 6.45) is 0. The quantitative estimate of drug-likeness (QED) is 0.0857. The average molecular weight is 1890 g/mol. The molecule has 0 amide bonds. The molecule has 4 heteroatoms. The Morgan fingerprint density at radius 2 is 0.453 bits per heavy atom. The van der Waals surface area contributed by atoms with Gasteiger partial charge in [0.05, 0.1) is 22.2 Å². The Bertz CT molecular complexity index is 9380. The Kier molecular flexibility index (Phi) is 23.2. The standard InChI is InChI=1S/2C71H47NO.2CH4/c1-3-22-53(23-4-1)71(54-24-5-2-6-25-54)64-34-12-9-29-62(64)69-59(32-17-35-65(69)71)52-21-15-26-56(47-52)72(66-36-13-10-28-60(66)61-33-18-38-68-70(61)63-30-11-14-37-67(63)73-68)55-45-43-49(44-46-55)48-39-41-51(42-40-48)58-31-16-20-50-19-7-8-27-57(50)58;1-3-21-55(22-4-1)71(56-23-5-2-6-24-56)64-31-12-9-27-62(64)69-59(29-16-32-65(69)71)54-20-15-25-58(47-54)72(66-33-13-10-26-60(66)61-30-17-35-68-70(61)63-28-11-14-34-67(63)73-68)57-44-42-50(43-45-57)49-36-38-51(39-37-49)53-41-40-48-18-7-8-19-52(48)46-53;;/h2*1-47H;2*1H4. The summed E-state index contributed by atoms with van der Waals surface area (Å²) in [5.74, 6) is 0. The molecule has 0 bridgehead atoms. The van der Waals surface area contributed by atoms with Crippen molar-refractivity contribution in [3.63, 3.8) is 0 Å². The maximum Gasteiger partial charge on any atom is 0.136 e. The number of fused-ring (bicyclic) bond motifs is 14. The Morgan fingerprint density at radius 1 is 0.155 bits per heavy atom. The van der Waals surface area contributed by atoms with Crippen molar-refractivity contribution in [2.45, 2.75) is 25.7 Å². The molecule has 2 heterocycles. The zero-order chi connectivity index (χ0) is 96.6. The maximum absolute atomic E-state index is 6.47. The van der Waals surface area contributed by atoms with Crippen molar-refractivity contribution in [1.29, 1.82) is 0 Å². The highest BCUT2D eigenvalue weighted by molar-refractivity contribution is 6.16. The highest BCUT2D eigenvalue weighted by atomic mass is 16.3. The summed E-state index contributed by atoms with van der Waals surface area (Å²) in [6.45, 7) is 0. The molecule has 0 atom stereocenters. The fourth-order valence-electron chi connectivity index (χ4n) is 23.9. The largest absolute Gasteiger partial charge is 0.456 e. The first-order valence-corrected chi connectivity index (χ1v) is 50.3. The van der Waals surface area contributed by atoms with Gasteiger partial charge in [-0.2, -0.15) is 0 Å². The third-order valence-electron chi connectivity index (χ3n) is 30.3. The molecule has 26 aromatic rings. The van der Waals surface area contributed by atoms with Crippen LogP contribution in [0.5, 0.6) is 0 Å². The molecule has 0 N–H and O–H groups in total. The molecule has 0 aliphatic heterocycles. The van der Waals surface area contributed by atoms with E-state index in [-0.39, 0.29) is 14.9 Å². The molecule has 0 radical (unpaired) electrons. The average Bonchev–Trinajstić information content (AvgIpc) is 1.53. The van der Waals surface area contributed by atoms with E-state index in [2.05, 4.69) is 568 Å². The number of anilines is 6. The van der Waals surface area contributed by atoms with Gasteiger partial charge in [-0.1, -0.05) is 494 Å². The summed E-state index contributed by atoms with van der Waals surface area (Å²) in [6, 6.07) is 208. The van der Waals surface area contributed by atoms with E-state index in [0.717, 1.165) is 123 Å². The summed E-state index contributed by atoms with van der Waals surface area (Å²) in [7, 11) is 0. The lowest BCUT2D eigenvalue weighted by Gasteiger charge is -2.34. The molecule has 148 heavy (non-hydrogen) atoms. The van der Waals surface area contributed by atoms with Gasteiger partial charge in [0.2, 0.25) is 0 Å². The zero-order valence-corrected chi connectivity index (χ0v) is 80.0. The van der Waals surface area contributed by atoms with Crippen LogP contribution < -0.4 is 9.80 Å². The second-order valence-electron chi connectivity index (χ2n) is 38.2. The monoisotopic (exact) mass is 1890 g/mol. The van der Waals surface area contributed by atoms with Gasteiger partial charge in [-0.3, -0.25) is 0 Å². The van der Waals surface area contributed by atoms with Gasteiger partial charge >= 0.3 is 0 Å².